The maximum atomic E-state index is 13.3. The molecule has 0 aromatic heterocycles. The second-order valence-corrected chi connectivity index (χ2v) is 7.52. The van der Waals surface area contributed by atoms with Crippen LogP contribution in [-0.4, -0.2) is 50.7 Å². The first-order valence-electron chi connectivity index (χ1n) is 9.88. The number of halogens is 3. The minimum atomic E-state index is -4.53. The molecule has 4 rings (SSSR count). The highest BCUT2D eigenvalue weighted by Gasteiger charge is 2.38. The second-order valence-electron chi connectivity index (χ2n) is 7.52. The van der Waals surface area contributed by atoms with Gasteiger partial charge in [0.05, 0.1) is 25.3 Å². The summed E-state index contributed by atoms with van der Waals surface area (Å²) in [7, 11) is 0.414. The number of carbonyl (C=O) groups is 2. The van der Waals surface area contributed by atoms with E-state index in [9.17, 15) is 22.8 Å². The Morgan fingerprint density at radius 2 is 1.69 bits per heavy atom. The topological polar surface area (TPSA) is 74.3 Å². The quantitative estimate of drug-likeness (QED) is 0.667. The molecule has 0 aliphatic carbocycles. The second kappa shape index (κ2) is 8.74. The smallest absolute Gasteiger partial charge is 0.494 e. The van der Waals surface area contributed by atoms with E-state index in [4.69, 9.17) is 18.8 Å². The molecule has 0 saturated carbocycles. The van der Waals surface area contributed by atoms with Gasteiger partial charge in [-0.2, -0.15) is 13.2 Å². The van der Waals surface area contributed by atoms with Gasteiger partial charge in [-0.1, -0.05) is 24.3 Å². The van der Waals surface area contributed by atoms with Crippen molar-refractivity contribution in [3.8, 4) is 11.5 Å². The maximum absolute atomic E-state index is 13.3. The zero-order valence-electron chi connectivity index (χ0n) is 17.1. The van der Waals surface area contributed by atoms with Crippen LogP contribution in [0.4, 0.5) is 13.2 Å². The third kappa shape index (κ3) is 4.82. The van der Waals surface area contributed by atoms with Crippen molar-refractivity contribution in [3.63, 3.8) is 0 Å². The van der Waals surface area contributed by atoms with Crippen molar-refractivity contribution in [1.29, 1.82) is 0 Å². The van der Waals surface area contributed by atoms with E-state index in [0.717, 1.165) is 6.07 Å². The predicted molar refractivity (Wildman–Crippen MR) is 106 cm³/mol. The molecule has 168 valence electrons. The highest BCUT2D eigenvalue weighted by molar-refractivity contribution is 6.64. The Bertz CT molecular complexity index is 994. The van der Waals surface area contributed by atoms with E-state index in [-0.39, 0.29) is 25.4 Å². The van der Waals surface area contributed by atoms with Gasteiger partial charge in [-0.15, -0.1) is 0 Å². The minimum Gasteiger partial charge on any atom is -0.494 e. The fourth-order valence-corrected chi connectivity index (χ4v) is 3.58. The van der Waals surface area contributed by atoms with Crippen LogP contribution in [0.5, 0.6) is 11.5 Å². The van der Waals surface area contributed by atoms with Gasteiger partial charge < -0.3 is 18.8 Å². The van der Waals surface area contributed by atoms with Crippen LogP contribution in [0.1, 0.15) is 23.7 Å². The molecule has 0 bridgehead atoms. The van der Waals surface area contributed by atoms with Crippen LogP contribution >= 0.6 is 0 Å². The van der Waals surface area contributed by atoms with Crippen molar-refractivity contribution in [1.82, 2.24) is 4.90 Å². The molecule has 1 fully saturated rings. The van der Waals surface area contributed by atoms with Crippen molar-refractivity contribution in [3.05, 3.63) is 53.6 Å². The van der Waals surface area contributed by atoms with E-state index >= 15 is 0 Å². The van der Waals surface area contributed by atoms with E-state index < -0.39 is 36.9 Å². The molecule has 7 nitrogen and oxygen atoms in total. The number of alkyl halides is 3. The number of hydrogen-bond donors (Lipinski definition) is 0. The van der Waals surface area contributed by atoms with Gasteiger partial charge >= 0.3 is 25.2 Å². The number of carbonyl (C=O) groups excluding carboxylic acids is 2. The summed E-state index contributed by atoms with van der Waals surface area (Å²) in [6.07, 6.45) is -4.78. The molecule has 2 aromatic carbocycles. The number of nitrogens with zero attached hydrogens (tertiary/aromatic N) is 1. The lowest BCUT2D eigenvalue weighted by atomic mass is 9.78. The lowest BCUT2D eigenvalue weighted by Crippen LogP contribution is -2.47. The number of hydrogen-bond acceptors (Lipinski definition) is 7. The number of benzene rings is 2. The fraction of sp³-hybridized carbons (Fsp3) is 0.333. The summed E-state index contributed by atoms with van der Waals surface area (Å²) in [4.78, 5) is 25.3. The first kappa shape index (κ1) is 22.0. The molecule has 32 heavy (non-hydrogen) atoms. The number of para-hydroxylation sites is 1. The molecule has 0 spiro atoms. The molecule has 2 aliphatic rings. The maximum Gasteiger partial charge on any atom is 0.636 e. The average molecular weight is 449 g/mol. The molecule has 0 amide bonds. The first-order chi connectivity index (χ1) is 15.2. The van der Waals surface area contributed by atoms with Crippen molar-refractivity contribution >= 4 is 24.5 Å². The molecule has 1 atom stereocenters. The Morgan fingerprint density at radius 1 is 1.03 bits per heavy atom. The monoisotopic (exact) mass is 449 g/mol. The summed E-state index contributed by atoms with van der Waals surface area (Å²) >= 11 is 0. The molecular formula is C21H19BF3NO6. The zero-order chi connectivity index (χ0) is 22.9. The van der Waals surface area contributed by atoms with Gasteiger partial charge in [-0.05, 0) is 25.2 Å². The summed E-state index contributed by atoms with van der Waals surface area (Å²) in [5.41, 5.74) is -0.0882. The Labute approximate surface area is 182 Å². The molecular weight excluding hydrogens is 430 g/mol. The van der Waals surface area contributed by atoms with Crippen molar-refractivity contribution in [2.24, 2.45) is 0 Å². The van der Waals surface area contributed by atoms with Gasteiger partial charge in [-0.25, -0.2) is 0 Å². The standard InChI is InChI=1S/C21H19BF3NO6/c1-26-11-18(27)31-22(32-19(28)12-26)13-5-7-14(8-6-13)30-17-9-10-29-20-15(17)3-2-4-16(20)21(23,24)25/h2-8,17H,9-12H2,1H3. The van der Waals surface area contributed by atoms with Crippen molar-refractivity contribution in [2.45, 2.75) is 18.7 Å². The number of fused-ring (bicyclic) bond motifs is 1. The molecule has 2 aliphatic heterocycles. The van der Waals surface area contributed by atoms with Crippen molar-refractivity contribution < 1.29 is 41.5 Å². The van der Waals surface area contributed by atoms with Gasteiger partial charge in [0.1, 0.15) is 17.6 Å². The Kier molecular flexibility index (Phi) is 6.01. The van der Waals surface area contributed by atoms with Gasteiger partial charge in [0.2, 0.25) is 0 Å². The van der Waals surface area contributed by atoms with Crippen LogP contribution < -0.4 is 14.9 Å². The summed E-state index contributed by atoms with van der Waals surface area (Å²) in [6, 6.07) is 10.1. The van der Waals surface area contributed by atoms with Crippen LogP contribution in [0.25, 0.3) is 0 Å². The van der Waals surface area contributed by atoms with Gasteiger partial charge in [0.25, 0.3) is 0 Å². The van der Waals surface area contributed by atoms with Crippen LogP contribution in [0.15, 0.2) is 42.5 Å². The van der Waals surface area contributed by atoms with E-state index in [1.807, 2.05) is 0 Å². The molecule has 2 aromatic rings. The van der Waals surface area contributed by atoms with E-state index in [1.165, 1.54) is 11.0 Å². The number of ether oxygens (including phenoxy) is 2. The Balaban J connectivity index is 1.51. The van der Waals surface area contributed by atoms with Gasteiger partial charge in [0.15, 0.2) is 0 Å². The third-order valence-electron chi connectivity index (χ3n) is 5.03. The Morgan fingerprint density at radius 3 is 2.31 bits per heavy atom. The summed E-state index contributed by atoms with van der Waals surface area (Å²) < 4.78 is 61.5. The fourth-order valence-electron chi connectivity index (χ4n) is 3.58. The zero-order valence-corrected chi connectivity index (χ0v) is 17.1. The minimum absolute atomic E-state index is 0.0458. The molecule has 0 radical (unpaired) electrons. The van der Waals surface area contributed by atoms with Gasteiger partial charge in [0, 0.05) is 17.4 Å². The number of rotatable bonds is 3. The van der Waals surface area contributed by atoms with Gasteiger partial charge in [-0.3, -0.25) is 14.5 Å². The van der Waals surface area contributed by atoms with Crippen LogP contribution in [0.3, 0.4) is 0 Å². The molecule has 1 saturated heterocycles. The summed E-state index contributed by atoms with van der Waals surface area (Å²) in [5.74, 6) is -0.896. The summed E-state index contributed by atoms with van der Waals surface area (Å²) in [6.45, 7) is -0.00297. The highest BCUT2D eigenvalue weighted by atomic mass is 19.4. The van der Waals surface area contributed by atoms with E-state index in [0.29, 0.717) is 23.2 Å². The molecule has 1 unspecified atom stereocenters. The first-order valence-corrected chi connectivity index (χ1v) is 9.88. The molecule has 0 N–H and O–H groups in total. The van der Waals surface area contributed by atoms with E-state index in [2.05, 4.69) is 0 Å². The SMILES string of the molecule is CN1CC(=O)OB(c2ccc(OC3CCOc4c3cccc4C(F)(F)F)cc2)OC(=O)C1. The van der Waals surface area contributed by atoms with Crippen LogP contribution in [0.2, 0.25) is 0 Å². The molecule has 2 heterocycles. The lowest BCUT2D eigenvalue weighted by molar-refractivity contribution is -0.145. The lowest BCUT2D eigenvalue weighted by Gasteiger charge is -2.28. The van der Waals surface area contributed by atoms with E-state index in [1.54, 1.807) is 37.4 Å². The van der Waals surface area contributed by atoms with Crippen LogP contribution in [-0.2, 0) is 25.1 Å². The summed E-state index contributed by atoms with van der Waals surface area (Å²) in [5, 5.41) is 0. The number of likely N-dealkylation sites (N-methyl/N-ethyl adjacent to an activating group) is 1. The normalized spacial score (nSPS) is 19.8. The molecule has 11 heteroatoms. The predicted octanol–water partition coefficient (Wildman–Crippen LogP) is 2.33. The Hall–Kier alpha value is -3.21. The van der Waals surface area contributed by atoms with Crippen molar-refractivity contribution in [2.75, 3.05) is 26.7 Å². The third-order valence-corrected chi connectivity index (χ3v) is 5.03. The highest BCUT2D eigenvalue weighted by Crippen LogP contribution is 2.43. The van der Waals surface area contributed by atoms with Crippen LogP contribution in [0, 0.1) is 0 Å². The average Bonchev–Trinajstić information content (AvgIpc) is 2.72. The largest absolute Gasteiger partial charge is 0.636 e.